The van der Waals surface area contributed by atoms with Crippen LogP contribution >= 0.6 is 11.6 Å². The summed E-state index contributed by atoms with van der Waals surface area (Å²) < 4.78 is 49.9. The van der Waals surface area contributed by atoms with Crippen molar-refractivity contribution in [3.05, 3.63) is 101 Å². The van der Waals surface area contributed by atoms with Gasteiger partial charge in [0.15, 0.2) is 0 Å². The van der Waals surface area contributed by atoms with Crippen molar-refractivity contribution < 1.29 is 31.9 Å². The lowest BCUT2D eigenvalue weighted by Crippen LogP contribution is -2.37. The third kappa shape index (κ3) is 7.24. The summed E-state index contributed by atoms with van der Waals surface area (Å²) in [4.78, 5) is 28.6. The normalized spacial score (nSPS) is 11.1. The fourth-order valence-electron chi connectivity index (χ4n) is 3.14. The Morgan fingerprint density at radius 1 is 0.947 bits per heavy atom. The molecule has 4 N–H and O–H groups in total. The van der Waals surface area contributed by atoms with Gasteiger partial charge >= 0.3 is 12.2 Å². The van der Waals surface area contributed by atoms with E-state index in [1.54, 1.807) is 30.3 Å². The molecule has 2 heterocycles. The Kier molecular flexibility index (Phi) is 8.14. The van der Waals surface area contributed by atoms with E-state index in [4.69, 9.17) is 20.8 Å². The molecule has 2 aromatic carbocycles. The standard InChI is InChI=1S/C25H19ClF3N5O4/c26-21-8-5-16(12-20(21)25(27,28)29)33-24(36)32-15-3-6-17(7-4-15)38-18-9-10-30-22(13-18)23(35)34-31-14-19-2-1-11-37-19/h1-13,31H,14H2,(H,34,35)(H2,32,33,36). The Morgan fingerprint density at radius 2 is 1.68 bits per heavy atom. The molecule has 0 spiro atoms. The van der Waals surface area contributed by atoms with Crippen molar-refractivity contribution in [1.29, 1.82) is 0 Å². The number of furan rings is 1. The van der Waals surface area contributed by atoms with Crippen LogP contribution < -0.4 is 26.2 Å². The number of aromatic nitrogens is 1. The topological polar surface area (TPSA) is 118 Å². The van der Waals surface area contributed by atoms with Crippen LogP contribution in [0.25, 0.3) is 0 Å². The van der Waals surface area contributed by atoms with E-state index in [9.17, 15) is 22.8 Å². The Balaban J connectivity index is 1.31. The lowest BCUT2D eigenvalue weighted by atomic mass is 10.2. The van der Waals surface area contributed by atoms with Gasteiger partial charge in [0.2, 0.25) is 0 Å². The SMILES string of the molecule is O=C(Nc1ccc(Oc2ccnc(C(=O)NNCc3ccco3)c2)cc1)Nc1ccc(Cl)c(C(F)(F)F)c1. The van der Waals surface area contributed by atoms with E-state index in [2.05, 4.69) is 26.5 Å². The molecule has 0 unspecified atom stereocenters. The first kappa shape index (κ1) is 26.5. The monoisotopic (exact) mass is 545 g/mol. The second kappa shape index (κ2) is 11.7. The molecule has 0 bridgehead atoms. The van der Waals surface area contributed by atoms with Crippen LogP contribution in [0.3, 0.4) is 0 Å². The zero-order chi connectivity index (χ0) is 27.1. The van der Waals surface area contributed by atoms with E-state index in [0.717, 1.165) is 12.1 Å². The maximum absolute atomic E-state index is 13.0. The molecule has 3 amide bonds. The van der Waals surface area contributed by atoms with Gasteiger partial charge in [0.1, 0.15) is 23.0 Å². The van der Waals surface area contributed by atoms with Crippen molar-refractivity contribution >= 4 is 34.9 Å². The number of anilines is 2. The van der Waals surface area contributed by atoms with Crippen molar-refractivity contribution in [3.8, 4) is 11.5 Å². The lowest BCUT2D eigenvalue weighted by molar-refractivity contribution is -0.137. The van der Waals surface area contributed by atoms with Crippen molar-refractivity contribution in [2.24, 2.45) is 0 Å². The molecule has 2 aromatic heterocycles. The predicted octanol–water partition coefficient (Wildman–Crippen LogP) is 6.22. The van der Waals surface area contributed by atoms with E-state index in [-0.39, 0.29) is 11.4 Å². The number of alkyl halides is 3. The number of amides is 3. The summed E-state index contributed by atoms with van der Waals surface area (Å²) >= 11 is 5.59. The van der Waals surface area contributed by atoms with Gasteiger partial charge in [0.25, 0.3) is 5.91 Å². The zero-order valence-electron chi connectivity index (χ0n) is 19.3. The van der Waals surface area contributed by atoms with Crippen LogP contribution in [0, 0.1) is 0 Å². The number of carbonyl (C=O) groups is 2. The molecule has 0 saturated carbocycles. The van der Waals surface area contributed by atoms with Crippen LogP contribution in [0.4, 0.5) is 29.3 Å². The molecule has 196 valence electrons. The number of carbonyl (C=O) groups excluding carboxylic acids is 2. The molecule has 0 aliphatic heterocycles. The van der Waals surface area contributed by atoms with E-state index in [1.807, 2.05) is 0 Å². The van der Waals surface area contributed by atoms with Gasteiger partial charge in [-0.1, -0.05) is 11.6 Å². The van der Waals surface area contributed by atoms with Crippen molar-refractivity contribution in [2.75, 3.05) is 10.6 Å². The van der Waals surface area contributed by atoms with Crippen LogP contribution in [-0.2, 0) is 12.7 Å². The summed E-state index contributed by atoms with van der Waals surface area (Å²) in [6, 6.07) is 15.0. The molecule has 0 aliphatic rings. The van der Waals surface area contributed by atoms with E-state index < -0.39 is 28.7 Å². The zero-order valence-corrected chi connectivity index (χ0v) is 20.1. The van der Waals surface area contributed by atoms with Crippen LogP contribution in [0.5, 0.6) is 11.5 Å². The Morgan fingerprint density at radius 3 is 2.39 bits per heavy atom. The van der Waals surface area contributed by atoms with Gasteiger partial charge in [-0.05, 0) is 60.7 Å². The van der Waals surface area contributed by atoms with Crippen molar-refractivity contribution in [2.45, 2.75) is 12.7 Å². The maximum atomic E-state index is 13.0. The van der Waals surface area contributed by atoms with Crippen LogP contribution in [0.15, 0.2) is 83.6 Å². The lowest BCUT2D eigenvalue weighted by Gasteiger charge is -2.12. The number of ether oxygens (including phenoxy) is 1. The molecule has 0 radical (unpaired) electrons. The van der Waals surface area contributed by atoms with Crippen molar-refractivity contribution in [1.82, 2.24) is 15.8 Å². The molecule has 0 atom stereocenters. The minimum atomic E-state index is -4.66. The number of hydrogen-bond donors (Lipinski definition) is 4. The van der Waals surface area contributed by atoms with Crippen LogP contribution in [-0.4, -0.2) is 16.9 Å². The van der Waals surface area contributed by atoms with E-state index in [1.165, 1.54) is 36.7 Å². The average Bonchev–Trinajstić information content (AvgIpc) is 3.39. The maximum Gasteiger partial charge on any atom is 0.417 e. The first-order valence-corrected chi connectivity index (χ1v) is 11.3. The summed E-state index contributed by atoms with van der Waals surface area (Å²) in [6.45, 7) is 0.293. The minimum Gasteiger partial charge on any atom is -0.468 e. The molecule has 4 aromatic rings. The van der Waals surface area contributed by atoms with Crippen LogP contribution in [0.1, 0.15) is 21.8 Å². The number of rotatable bonds is 8. The van der Waals surface area contributed by atoms with Gasteiger partial charge in [0.05, 0.1) is 23.4 Å². The average molecular weight is 546 g/mol. The second-order valence-corrected chi connectivity index (χ2v) is 8.07. The highest BCUT2D eigenvalue weighted by Crippen LogP contribution is 2.36. The van der Waals surface area contributed by atoms with Gasteiger partial charge in [-0.15, -0.1) is 0 Å². The van der Waals surface area contributed by atoms with Gasteiger partial charge in [-0.25, -0.2) is 10.2 Å². The number of hydrogen-bond acceptors (Lipinski definition) is 6. The van der Waals surface area contributed by atoms with E-state index >= 15 is 0 Å². The molecule has 0 fully saturated rings. The van der Waals surface area contributed by atoms with Gasteiger partial charge in [-0.3, -0.25) is 15.2 Å². The summed E-state index contributed by atoms with van der Waals surface area (Å²) in [5, 5.41) is 4.37. The summed E-state index contributed by atoms with van der Waals surface area (Å²) in [5.41, 5.74) is 4.58. The number of halogens is 4. The highest BCUT2D eigenvalue weighted by molar-refractivity contribution is 6.31. The molecule has 4 rings (SSSR count). The molecule has 0 saturated heterocycles. The summed E-state index contributed by atoms with van der Waals surface area (Å²) in [6.07, 6.45) is -1.72. The number of benzene rings is 2. The molecule has 0 aliphatic carbocycles. The number of hydrazine groups is 1. The Bertz CT molecular complexity index is 1410. The highest BCUT2D eigenvalue weighted by atomic mass is 35.5. The summed E-state index contributed by atoms with van der Waals surface area (Å²) in [7, 11) is 0. The molecular formula is C25H19ClF3N5O4. The third-order valence-electron chi connectivity index (χ3n) is 4.89. The Hall–Kier alpha value is -4.55. The first-order chi connectivity index (χ1) is 18.2. The summed E-state index contributed by atoms with van der Waals surface area (Å²) in [5.74, 6) is 0.914. The highest BCUT2D eigenvalue weighted by Gasteiger charge is 2.33. The van der Waals surface area contributed by atoms with Gasteiger partial charge in [0, 0.05) is 23.6 Å². The number of urea groups is 1. The second-order valence-electron chi connectivity index (χ2n) is 7.66. The number of nitrogens with zero attached hydrogens (tertiary/aromatic N) is 1. The largest absolute Gasteiger partial charge is 0.468 e. The molecule has 38 heavy (non-hydrogen) atoms. The number of nitrogens with one attached hydrogen (secondary N) is 4. The molecule has 9 nitrogen and oxygen atoms in total. The van der Waals surface area contributed by atoms with Gasteiger partial charge < -0.3 is 19.8 Å². The first-order valence-electron chi connectivity index (χ1n) is 10.9. The minimum absolute atomic E-state index is 0.0760. The molecular weight excluding hydrogens is 527 g/mol. The fraction of sp³-hybridized carbons (Fsp3) is 0.0800. The number of pyridine rings is 1. The van der Waals surface area contributed by atoms with E-state index in [0.29, 0.717) is 29.5 Å². The fourth-order valence-corrected chi connectivity index (χ4v) is 3.37. The predicted molar refractivity (Wildman–Crippen MR) is 133 cm³/mol. The van der Waals surface area contributed by atoms with Crippen molar-refractivity contribution in [3.63, 3.8) is 0 Å². The third-order valence-corrected chi connectivity index (χ3v) is 5.22. The van der Waals surface area contributed by atoms with Gasteiger partial charge in [-0.2, -0.15) is 13.2 Å². The molecule has 13 heteroatoms. The smallest absolute Gasteiger partial charge is 0.417 e. The van der Waals surface area contributed by atoms with Crippen LogP contribution in [0.2, 0.25) is 5.02 Å². The Labute approximate surface area is 218 Å². The quantitative estimate of drug-likeness (QED) is 0.195.